The first-order valence-electron chi connectivity index (χ1n) is 7.10. The second-order valence-electron chi connectivity index (χ2n) is 5.11. The Kier molecular flexibility index (Phi) is 6.10. The Morgan fingerprint density at radius 3 is 1.43 bits per heavy atom. The van der Waals surface area contributed by atoms with E-state index in [4.69, 9.17) is 0 Å². The lowest BCUT2D eigenvalue weighted by Crippen LogP contribution is -1.99. The fourth-order valence-electron chi connectivity index (χ4n) is 1.65. The van der Waals surface area contributed by atoms with Crippen molar-refractivity contribution in [2.45, 2.75) is 9.79 Å². The minimum Gasteiger partial charge on any atom is -0.285 e. The topological polar surface area (TPSA) is 55.9 Å². The molecule has 2 aromatic carbocycles. The molecular weight excluding hydrogens is 308 g/mol. The lowest BCUT2D eigenvalue weighted by Gasteiger charge is -2.08. The van der Waals surface area contributed by atoms with E-state index in [9.17, 15) is 0 Å². The highest BCUT2D eigenvalue weighted by Crippen LogP contribution is 2.39. The van der Waals surface area contributed by atoms with E-state index in [0.29, 0.717) is 0 Å². The fourth-order valence-corrected chi connectivity index (χ4v) is 2.60. The van der Waals surface area contributed by atoms with Gasteiger partial charge in [-0.1, -0.05) is 46.5 Å². The molecule has 0 aromatic heterocycles. The molecule has 0 saturated heterocycles. The van der Waals surface area contributed by atoms with Crippen molar-refractivity contribution in [3.8, 4) is 0 Å². The molecule has 23 heavy (non-hydrogen) atoms. The van der Waals surface area contributed by atoms with Crippen LogP contribution in [-0.2, 0) is 0 Å². The quantitative estimate of drug-likeness (QED) is 0.556. The van der Waals surface area contributed by atoms with Crippen LogP contribution in [0.2, 0.25) is 0 Å². The summed E-state index contributed by atoms with van der Waals surface area (Å²) < 4.78 is 0. The molecule has 0 aliphatic rings. The summed E-state index contributed by atoms with van der Waals surface area (Å²) in [5, 5.41) is 20.0. The summed E-state index contributed by atoms with van der Waals surface area (Å²) in [6.45, 7) is 0. The lowest BCUT2D eigenvalue weighted by atomic mass is 10.3. The molecule has 0 radical (unpaired) electrons. The van der Waals surface area contributed by atoms with Gasteiger partial charge >= 0.3 is 0 Å². The van der Waals surface area contributed by atoms with Crippen molar-refractivity contribution in [1.82, 2.24) is 10.0 Å². The van der Waals surface area contributed by atoms with Crippen molar-refractivity contribution in [2.75, 3.05) is 28.2 Å². The Hall–Kier alpha value is -2.41. The van der Waals surface area contributed by atoms with E-state index < -0.39 is 0 Å². The summed E-state index contributed by atoms with van der Waals surface area (Å²) in [6.07, 6.45) is 0. The van der Waals surface area contributed by atoms with Gasteiger partial charge in [-0.2, -0.15) is 0 Å². The maximum Gasteiger partial charge on any atom is 0.101 e. The molecule has 0 spiro atoms. The van der Waals surface area contributed by atoms with Crippen LogP contribution in [0.3, 0.4) is 0 Å². The second kappa shape index (κ2) is 8.28. The lowest BCUT2D eigenvalue weighted by molar-refractivity contribution is 0.408. The Morgan fingerprint density at radius 1 is 0.652 bits per heavy atom. The molecule has 2 rings (SSSR count). The normalized spacial score (nSPS) is 11.3. The third-order valence-electron chi connectivity index (χ3n) is 2.61. The molecule has 0 fully saturated rings. The first-order chi connectivity index (χ1) is 11.1. The zero-order valence-electron chi connectivity index (χ0n) is 13.7. The van der Waals surface area contributed by atoms with E-state index in [1.807, 2.05) is 76.7 Å². The number of rotatable bonds is 6. The van der Waals surface area contributed by atoms with E-state index >= 15 is 0 Å². The SMILES string of the molecule is CN(C)N=Nc1ccccc1Sc1ccccc1N=NN(C)C. The Labute approximate surface area is 140 Å². The second-order valence-corrected chi connectivity index (χ2v) is 6.19. The number of benzene rings is 2. The molecule has 0 atom stereocenters. The predicted molar refractivity (Wildman–Crippen MR) is 93.4 cm³/mol. The molecule has 0 bridgehead atoms. The average Bonchev–Trinajstić information content (AvgIpc) is 2.53. The zero-order chi connectivity index (χ0) is 16.7. The van der Waals surface area contributed by atoms with Gasteiger partial charge in [-0.25, -0.2) is 0 Å². The van der Waals surface area contributed by atoms with Gasteiger partial charge in [0.05, 0.1) is 0 Å². The Balaban J connectivity index is 2.30. The smallest absolute Gasteiger partial charge is 0.101 e. The average molecular weight is 328 g/mol. The molecule has 0 unspecified atom stereocenters. The van der Waals surface area contributed by atoms with Gasteiger partial charge in [-0.15, -0.1) is 10.2 Å². The van der Waals surface area contributed by atoms with E-state index in [1.165, 1.54) is 0 Å². The first-order valence-corrected chi connectivity index (χ1v) is 7.92. The van der Waals surface area contributed by atoms with Gasteiger partial charge in [-0.3, -0.25) is 10.0 Å². The number of hydrogen-bond donors (Lipinski definition) is 0. The zero-order valence-corrected chi connectivity index (χ0v) is 14.5. The molecular formula is C16H20N6S. The summed E-state index contributed by atoms with van der Waals surface area (Å²) in [6, 6.07) is 15.8. The van der Waals surface area contributed by atoms with Crippen molar-refractivity contribution in [2.24, 2.45) is 20.7 Å². The summed E-state index contributed by atoms with van der Waals surface area (Å²) in [4.78, 5) is 2.04. The van der Waals surface area contributed by atoms with Crippen molar-refractivity contribution in [1.29, 1.82) is 0 Å². The van der Waals surface area contributed by atoms with Gasteiger partial charge in [0, 0.05) is 38.0 Å². The summed E-state index contributed by atoms with van der Waals surface area (Å²) in [5.74, 6) is 0. The van der Waals surface area contributed by atoms with Crippen molar-refractivity contribution < 1.29 is 0 Å². The van der Waals surface area contributed by atoms with Gasteiger partial charge in [0.1, 0.15) is 11.4 Å². The molecule has 2 aromatic rings. The van der Waals surface area contributed by atoms with Gasteiger partial charge < -0.3 is 0 Å². The highest BCUT2D eigenvalue weighted by molar-refractivity contribution is 7.99. The van der Waals surface area contributed by atoms with E-state index in [-0.39, 0.29) is 0 Å². The fraction of sp³-hybridized carbons (Fsp3) is 0.250. The maximum absolute atomic E-state index is 4.27. The summed E-state index contributed by atoms with van der Waals surface area (Å²) in [5.41, 5.74) is 1.65. The van der Waals surface area contributed by atoms with Crippen LogP contribution in [0.5, 0.6) is 0 Å². The van der Waals surface area contributed by atoms with Gasteiger partial charge in [0.15, 0.2) is 0 Å². The molecule has 6 nitrogen and oxygen atoms in total. The van der Waals surface area contributed by atoms with Gasteiger partial charge in [0.25, 0.3) is 0 Å². The highest BCUT2D eigenvalue weighted by Gasteiger charge is 2.07. The molecule has 0 saturated carbocycles. The van der Waals surface area contributed by atoms with Crippen LogP contribution < -0.4 is 0 Å². The van der Waals surface area contributed by atoms with Crippen LogP contribution in [0.25, 0.3) is 0 Å². The third-order valence-corrected chi connectivity index (χ3v) is 3.74. The molecule has 0 aliphatic heterocycles. The van der Waals surface area contributed by atoms with Crippen LogP contribution >= 0.6 is 11.8 Å². The molecule has 0 aliphatic carbocycles. The molecule has 120 valence electrons. The van der Waals surface area contributed by atoms with Crippen molar-refractivity contribution in [3.63, 3.8) is 0 Å². The molecule has 0 heterocycles. The van der Waals surface area contributed by atoms with Gasteiger partial charge in [0.2, 0.25) is 0 Å². The van der Waals surface area contributed by atoms with Gasteiger partial charge in [-0.05, 0) is 24.3 Å². The van der Waals surface area contributed by atoms with E-state index in [1.54, 1.807) is 21.8 Å². The largest absolute Gasteiger partial charge is 0.285 e. The van der Waals surface area contributed by atoms with Crippen LogP contribution in [0, 0.1) is 0 Å². The van der Waals surface area contributed by atoms with E-state index in [0.717, 1.165) is 21.2 Å². The van der Waals surface area contributed by atoms with Crippen LogP contribution in [0.15, 0.2) is 79.0 Å². The van der Waals surface area contributed by atoms with Crippen molar-refractivity contribution >= 4 is 23.1 Å². The third kappa shape index (κ3) is 5.37. The highest BCUT2D eigenvalue weighted by atomic mass is 32.2. The number of hydrogen-bond acceptors (Lipinski definition) is 5. The Morgan fingerprint density at radius 2 is 1.04 bits per heavy atom. The molecule has 0 N–H and O–H groups in total. The van der Waals surface area contributed by atoms with Crippen molar-refractivity contribution in [3.05, 3.63) is 48.5 Å². The monoisotopic (exact) mass is 328 g/mol. The maximum atomic E-state index is 4.27. The minimum absolute atomic E-state index is 0.825. The first kappa shape index (κ1) is 17.0. The Bertz CT molecular complexity index is 637. The molecule has 7 heteroatoms. The summed E-state index contributed by atoms with van der Waals surface area (Å²) >= 11 is 1.60. The standard InChI is InChI=1S/C16H20N6S/c1-21(2)19-17-13-9-5-7-11-15(13)23-16-12-8-6-10-14(16)18-20-22(3)4/h5-12H,1-4H3. The van der Waals surface area contributed by atoms with E-state index in [2.05, 4.69) is 20.7 Å². The summed E-state index contributed by atoms with van der Waals surface area (Å²) in [7, 11) is 7.37. The number of nitrogens with zero attached hydrogens (tertiary/aromatic N) is 6. The van der Waals surface area contributed by atoms with Crippen LogP contribution in [0.1, 0.15) is 0 Å². The minimum atomic E-state index is 0.825. The van der Waals surface area contributed by atoms with Crippen LogP contribution in [-0.4, -0.2) is 38.2 Å². The molecule has 0 amide bonds. The predicted octanol–water partition coefficient (Wildman–Crippen LogP) is 4.96. The van der Waals surface area contributed by atoms with Crippen LogP contribution in [0.4, 0.5) is 11.4 Å².